The predicted octanol–water partition coefficient (Wildman–Crippen LogP) is 3.49. The van der Waals surface area contributed by atoms with E-state index in [1.807, 2.05) is 0 Å². The van der Waals surface area contributed by atoms with Crippen LogP contribution in [-0.2, 0) is 14.8 Å². The molecule has 0 radical (unpaired) electrons. The number of sulfonamides is 1. The Morgan fingerprint density at radius 2 is 1.48 bits per heavy atom. The van der Waals surface area contributed by atoms with Gasteiger partial charge in [-0.3, -0.25) is 4.79 Å². The highest BCUT2D eigenvalue weighted by Gasteiger charge is 2.23. The maximum atomic E-state index is 12.4. The molecule has 0 saturated heterocycles. The van der Waals surface area contributed by atoms with Crippen molar-refractivity contribution in [2.24, 2.45) is 0 Å². The van der Waals surface area contributed by atoms with Crippen molar-refractivity contribution in [1.82, 2.24) is 4.72 Å². The number of hydrogen-bond acceptors (Lipinski definition) is 3. The molecule has 0 bridgehead atoms. The number of benzene rings is 2. The van der Waals surface area contributed by atoms with Crippen molar-refractivity contribution < 1.29 is 18.3 Å². The summed E-state index contributed by atoms with van der Waals surface area (Å²) < 4.78 is 27.2. The lowest BCUT2D eigenvalue weighted by Gasteiger charge is -2.17. The van der Waals surface area contributed by atoms with E-state index in [4.69, 9.17) is 28.3 Å². The van der Waals surface area contributed by atoms with Gasteiger partial charge in [0.2, 0.25) is 10.0 Å². The van der Waals surface area contributed by atoms with E-state index >= 15 is 0 Å². The van der Waals surface area contributed by atoms with Crippen LogP contribution in [0, 0.1) is 0 Å². The number of carbonyl (C=O) groups is 1. The van der Waals surface area contributed by atoms with E-state index in [9.17, 15) is 13.2 Å². The van der Waals surface area contributed by atoms with E-state index in [2.05, 4.69) is 4.72 Å². The molecule has 1 atom stereocenters. The van der Waals surface area contributed by atoms with Crippen molar-refractivity contribution in [3.05, 3.63) is 64.1 Å². The maximum Gasteiger partial charge on any atom is 0.305 e. The van der Waals surface area contributed by atoms with Gasteiger partial charge in [-0.05, 0) is 42.0 Å². The van der Waals surface area contributed by atoms with Gasteiger partial charge in [-0.15, -0.1) is 0 Å². The van der Waals surface area contributed by atoms with E-state index in [1.165, 1.54) is 24.3 Å². The zero-order chi connectivity index (χ0) is 17.0. The second-order valence-electron chi connectivity index (χ2n) is 4.78. The minimum atomic E-state index is -3.89. The number of nitrogens with one attached hydrogen (secondary N) is 1. The SMILES string of the molecule is O=C(O)CC(NS(=O)(=O)c1ccc(Cl)cc1)c1ccc(Cl)cc1. The fraction of sp³-hybridized carbons (Fsp3) is 0.133. The topological polar surface area (TPSA) is 83.5 Å². The van der Waals surface area contributed by atoms with Gasteiger partial charge >= 0.3 is 5.97 Å². The van der Waals surface area contributed by atoms with Gasteiger partial charge in [0, 0.05) is 10.0 Å². The summed E-state index contributed by atoms with van der Waals surface area (Å²) in [6.07, 6.45) is -0.394. The molecular weight excluding hydrogens is 361 g/mol. The Kier molecular flexibility index (Phi) is 5.64. The Bertz CT molecular complexity index is 789. The number of carboxylic acids is 1. The first-order chi connectivity index (χ1) is 10.8. The minimum absolute atomic E-state index is 0.00579. The summed E-state index contributed by atoms with van der Waals surface area (Å²) in [5, 5.41) is 9.91. The van der Waals surface area contributed by atoms with E-state index in [1.54, 1.807) is 24.3 Å². The maximum absolute atomic E-state index is 12.4. The van der Waals surface area contributed by atoms with Gasteiger partial charge in [-0.2, -0.15) is 0 Å². The molecule has 5 nitrogen and oxygen atoms in total. The first-order valence-electron chi connectivity index (χ1n) is 6.53. The molecule has 0 heterocycles. The van der Waals surface area contributed by atoms with Crippen LogP contribution in [0.3, 0.4) is 0 Å². The molecule has 0 aliphatic carbocycles. The number of rotatable bonds is 6. The third-order valence-corrected chi connectivity index (χ3v) is 5.06. The van der Waals surface area contributed by atoms with Crippen LogP contribution in [0.25, 0.3) is 0 Å². The molecule has 8 heteroatoms. The van der Waals surface area contributed by atoms with Crippen LogP contribution in [0.5, 0.6) is 0 Å². The summed E-state index contributed by atoms with van der Waals surface area (Å²) in [6.45, 7) is 0. The van der Waals surface area contributed by atoms with Crippen molar-refractivity contribution in [2.75, 3.05) is 0 Å². The highest BCUT2D eigenvalue weighted by Crippen LogP contribution is 2.23. The Labute approximate surface area is 143 Å². The van der Waals surface area contributed by atoms with Crippen LogP contribution in [0.4, 0.5) is 0 Å². The third kappa shape index (κ3) is 4.94. The molecular formula is C15H13Cl2NO4S. The van der Waals surface area contributed by atoms with Gasteiger partial charge in [0.05, 0.1) is 17.4 Å². The van der Waals surface area contributed by atoms with Crippen LogP contribution in [0.1, 0.15) is 18.0 Å². The lowest BCUT2D eigenvalue weighted by molar-refractivity contribution is -0.137. The molecule has 2 rings (SSSR count). The Hall–Kier alpha value is -1.60. The zero-order valence-corrected chi connectivity index (χ0v) is 14.1. The molecule has 122 valence electrons. The van der Waals surface area contributed by atoms with Crippen LogP contribution in [0.15, 0.2) is 53.4 Å². The summed E-state index contributed by atoms with van der Waals surface area (Å²) in [5.41, 5.74) is 0.509. The molecule has 0 saturated carbocycles. The normalized spacial score (nSPS) is 12.8. The van der Waals surface area contributed by atoms with Crippen molar-refractivity contribution >= 4 is 39.2 Å². The van der Waals surface area contributed by atoms with E-state index in [0.717, 1.165) is 0 Å². The standard InChI is InChI=1S/C15H13Cl2NO4S/c16-11-3-1-10(2-4-11)14(9-15(19)20)18-23(21,22)13-7-5-12(17)6-8-13/h1-8,14,18H,9H2,(H,19,20). The van der Waals surface area contributed by atoms with E-state index in [0.29, 0.717) is 15.6 Å². The Morgan fingerprint density at radius 1 is 1.00 bits per heavy atom. The fourth-order valence-corrected chi connectivity index (χ4v) is 3.44. The highest BCUT2D eigenvalue weighted by molar-refractivity contribution is 7.89. The minimum Gasteiger partial charge on any atom is -0.481 e. The first-order valence-corrected chi connectivity index (χ1v) is 8.77. The summed E-state index contributed by atoms with van der Waals surface area (Å²) in [7, 11) is -3.89. The van der Waals surface area contributed by atoms with Crippen LogP contribution >= 0.6 is 23.2 Å². The molecule has 2 aromatic carbocycles. The quantitative estimate of drug-likeness (QED) is 0.811. The van der Waals surface area contributed by atoms with E-state index < -0.39 is 28.5 Å². The summed E-state index contributed by atoms with van der Waals surface area (Å²) in [6, 6.07) is 11.0. The average molecular weight is 374 g/mol. The van der Waals surface area contributed by atoms with Gasteiger partial charge in [-0.1, -0.05) is 35.3 Å². The predicted molar refractivity (Wildman–Crippen MR) is 88.2 cm³/mol. The lowest BCUT2D eigenvalue weighted by atomic mass is 10.1. The van der Waals surface area contributed by atoms with Gasteiger partial charge in [0.1, 0.15) is 0 Å². The number of aliphatic carboxylic acids is 1. The molecule has 0 aliphatic heterocycles. The van der Waals surface area contributed by atoms with Crippen LogP contribution in [-0.4, -0.2) is 19.5 Å². The van der Waals surface area contributed by atoms with Crippen LogP contribution in [0.2, 0.25) is 10.0 Å². The molecule has 1 unspecified atom stereocenters. The van der Waals surface area contributed by atoms with Crippen LogP contribution < -0.4 is 4.72 Å². The molecule has 2 aromatic rings. The lowest BCUT2D eigenvalue weighted by Crippen LogP contribution is -2.30. The van der Waals surface area contributed by atoms with Crippen molar-refractivity contribution in [3.8, 4) is 0 Å². The number of halogens is 2. The highest BCUT2D eigenvalue weighted by atomic mass is 35.5. The summed E-state index contributed by atoms with van der Waals surface area (Å²) in [5.74, 6) is -1.12. The third-order valence-electron chi connectivity index (χ3n) is 3.07. The Balaban J connectivity index is 2.31. The second-order valence-corrected chi connectivity index (χ2v) is 7.36. The van der Waals surface area contributed by atoms with Gasteiger partial charge < -0.3 is 5.11 Å². The van der Waals surface area contributed by atoms with Crippen molar-refractivity contribution in [3.63, 3.8) is 0 Å². The number of hydrogen-bond donors (Lipinski definition) is 2. The summed E-state index contributed by atoms with van der Waals surface area (Å²) in [4.78, 5) is 11.0. The van der Waals surface area contributed by atoms with Gasteiger partial charge in [0.15, 0.2) is 0 Å². The molecule has 0 aromatic heterocycles. The molecule has 23 heavy (non-hydrogen) atoms. The zero-order valence-electron chi connectivity index (χ0n) is 11.7. The average Bonchev–Trinajstić information content (AvgIpc) is 2.47. The smallest absolute Gasteiger partial charge is 0.305 e. The molecule has 2 N–H and O–H groups in total. The van der Waals surface area contributed by atoms with E-state index in [-0.39, 0.29) is 4.90 Å². The van der Waals surface area contributed by atoms with Crippen molar-refractivity contribution in [2.45, 2.75) is 17.4 Å². The Morgan fingerprint density at radius 3 is 1.96 bits per heavy atom. The fourth-order valence-electron chi connectivity index (χ4n) is 1.97. The second kappa shape index (κ2) is 7.31. The molecule has 0 aliphatic rings. The molecule has 0 amide bonds. The largest absolute Gasteiger partial charge is 0.481 e. The summed E-state index contributed by atoms with van der Waals surface area (Å²) >= 11 is 11.5. The van der Waals surface area contributed by atoms with Gasteiger partial charge in [0.25, 0.3) is 0 Å². The number of carboxylic acid groups (broad SMARTS) is 1. The monoisotopic (exact) mass is 373 g/mol. The van der Waals surface area contributed by atoms with Gasteiger partial charge in [-0.25, -0.2) is 13.1 Å². The van der Waals surface area contributed by atoms with Crippen molar-refractivity contribution in [1.29, 1.82) is 0 Å². The molecule has 0 fully saturated rings. The molecule has 0 spiro atoms. The first kappa shape index (κ1) is 17.7.